The largest absolute Gasteiger partial charge is 0.490 e. The van der Waals surface area contributed by atoms with Gasteiger partial charge in [0.2, 0.25) is 5.95 Å². The number of amides is 2. The lowest BCUT2D eigenvalue weighted by atomic mass is 9.71. The number of piperidine rings is 2. The Balaban J connectivity index is 0.000000426. The van der Waals surface area contributed by atoms with Crippen molar-refractivity contribution in [1.29, 1.82) is 0 Å². The van der Waals surface area contributed by atoms with Crippen LogP contribution in [0.5, 0.6) is 0 Å². The number of likely N-dealkylation sites (tertiary alicyclic amines) is 1. The second kappa shape index (κ2) is 10.6. The lowest BCUT2D eigenvalue weighted by Crippen LogP contribution is -2.54. The van der Waals surface area contributed by atoms with Gasteiger partial charge >= 0.3 is 12.1 Å². The first-order chi connectivity index (χ1) is 17.9. The molecule has 2 fully saturated rings. The lowest BCUT2D eigenvalue weighted by Gasteiger charge is -2.46. The van der Waals surface area contributed by atoms with Crippen molar-refractivity contribution in [2.75, 3.05) is 44.7 Å². The number of aliphatic carboxylic acids is 1. The summed E-state index contributed by atoms with van der Waals surface area (Å²) in [5, 5.41) is 11.2. The van der Waals surface area contributed by atoms with Crippen molar-refractivity contribution in [3.05, 3.63) is 35.4 Å². The molecular formula is C24H30F3N7O4. The number of hydrogen-bond acceptors (Lipinski definition) is 7. The van der Waals surface area contributed by atoms with Gasteiger partial charge in [-0.3, -0.25) is 14.3 Å². The zero-order valence-electron chi connectivity index (χ0n) is 21.2. The van der Waals surface area contributed by atoms with Crippen LogP contribution in [-0.4, -0.2) is 98.4 Å². The van der Waals surface area contributed by atoms with Gasteiger partial charge in [-0.2, -0.15) is 18.3 Å². The molecule has 1 N–H and O–H groups in total. The Kier molecular flexibility index (Phi) is 7.61. The Morgan fingerprint density at radius 1 is 1.05 bits per heavy atom. The van der Waals surface area contributed by atoms with E-state index in [2.05, 4.69) is 15.0 Å². The Morgan fingerprint density at radius 3 is 2.24 bits per heavy atom. The van der Waals surface area contributed by atoms with E-state index >= 15 is 0 Å². The SMILES string of the molecule is CN1CC2(CCN(C(=O)c3ccnn3C)CC2)c2nc(N3CCCCC3)ncc2C1=O.O=C(O)C(F)(F)F. The molecule has 38 heavy (non-hydrogen) atoms. The summed E-state index contributed by atoms with van der Waals surface area (Å²) in [7, 11) is 3.63. The number of aryl methyl sites for hydroxylation is 1. The van der Waals surface area contributed by atoms with Crippen LogP contribution in [0.25, 0.3) is 0 Å². The third-order valence-corrected chi connectivity index (χ3v) is 7.32. The minimum Gasteiger partial charge on any atom is -0.475 e. The number of carboxylic acids is 1. The summed E-state index contributed by atoms with van der Waals surface area (Å²) in [5.41, 5.74) is 1.84. The molecular weight excluding hydrogens is 507 g/mol. The second-order valence-electron chi connectivity index (χ2n) is 9.86. The number of carbonyl (C=O) groups excluding carboxylic acids is 2. The fourth-order valence-corrected chi connectivity index (χ4v) is 5.26. The van der Waals surface area contributed by atoms with Crippen LogP contribution >= 0.6 is 0 Å². The molecule has 14 heteroatoms. The summed E-state index contributed by atoms with van der Waals surface area (Å²) >= 11 is 0. The first kappa shape index (κ1) is 27.3. The van der Waals surface area contributed by atoms with E-state index in [1.165, 1.54) is 6.42 Å². The number of alkyl halides is 3. The van der Waals surface area contributed by atoms with E-state index in [0.717, 1.165) is 50.4 Å². The van der Waals surface area contributed by atoms with Gasteiger partial charge in [-0.15, -0.1) is 0 Å². The van der Waals surface area contributed by atoms with E-state index in [1.807, 2.05) is 11.9 Å². The maximum atomic E-state index is 12.9. The molecule has 3 aliphatic heterocycles. The van der Waals surface area contributed by atoms with Gasteiger partial charge in [-0.1, -0.05) is 0 Å². The fraction of sp³-hybridized carbons (Fsp3) is 0.583. The molecule has 0 atom stereocenters. The molecule has 11 nitrogen and oxygen atoms in total. The number of halogens is 3. The standard InChI is InChI=1S/C22H29N7O2.C2HF3O2/c1-26-15-22(7-12-28(13-8-22)20(31)17-6-9-24-27(17)2)18-16(19(26)30)14-23-21(25-18)29-10-4-3-5-11-29;3-2(4,5)1(6)7/h6,9,14H,3-5,7-8,10-13,15H2,1-2H3;(H,6,7). The number of nitrogens with zero attached hydrogens (tertiary/aromatic N) is 7. The maximum Gasteiger partial charge on any atom is 0.490 e. The van der Waals surface area contributed by atoms with Gasteiger partial charge in [0, 0.05) is 64.6 Å². The van der Waals surface area contributed by atoms with Gasteiger partial charge in [-0.25, -0.2) is 14.8 Å². The van der Waals surface area contributed by atoms with E-state index in [-0.39, 0.29) is 17.2 Å². The maximum absolute atomic E-state index is 12.9. The molecule has 5 heterocycles. The number of likely N-dealkylation sites (N-methyl/N-ethyl adjacent to an activating group) is 1. The highest BCUT2D eigenvalue weighted by atomic mass is 19.4. The van der Waals surface area contributed by atoms with Gasteiger partial charge in [0.1, 0.15) is 5.69 Å². The Labute approximate surface area is 217 Å². The average molecular weight is 538 g/mol. The summed E-state index contributed by atoms with van der Waals surface area (Å²) in [4.78, 5) is 50.1. The number of fused-ring (bicyclic) bond motifs is 2. The van der Waals surface area contributed by atoms with Crippen LogP contribution in [0.2, 0.25) is 0 Å². The first-order valence-electron chi connectivity index (χ1n) is 12.4. The van der Waals surface area contributed by atoms with E-state index in [1.54, 1.807) is 35.1 Å². The molecule has 0 aromatic carbocycles. The summed E-state index contributed by atoms with van der Waals surface area (Å²) in [6.45, 7) is 3.82. The van der Waals surface area contributed by atoms with Gasteiger partial charge in [-0.05, 0) is 38.2 Å². The molecule has 5 rings (SSSR count). The van der Waals surface area contributed by atoms with Crippen molar-refractivity contribution < 1.29 is 32.7 Å². The van der Waals surface area contributed by atoms with Crippen molar-refractivity contribution in [1.82, 2.24) is 29.5 Å². The van der Waals surface area contributed by atoms with Crippen LogP contribution in [0.1, 0.15) is 58.6 Å². The van der Waals surface area contributed by atoms with Crippen LogP contribution in [0, 0.1) is 0 Å². The molecule has 0 aliphatic carbocycles. The number of aromatic nitrogens is 4. The van der Waals surface area contributed by atoms with Gasteiger partial charge in [0.05, 0.1) is 11.3 Å². The summed E-state index contributed by atoms with van der Waals surface area (Å²) in [6, 6.07) is 1.76. The highest BCUT2D eigenvalue weighted by Crippen LogP contribution is 2.41. The molecule has 1 spiro atoms. The zero-order chi connectivity index (χ0) is 27.7. The van der Waals surface area contributed by atoms with Crippen LogP contribution in [0.15, 0.2) is 18.5 Å². The van der Waals surface area contributed by atoms with Crippen LogP contribution < -0.4 is 4.90 Å². The predicted molar refractivity (Wildman–Crippen MR) is 129 cm³/mol. The van der Waals surface area contributed by atoms with Gasteiger partial charge in [0.25, 0.3) is 11.8 Å². The van der Waals surface area contributed by atoms with E-state index in [4.69, 9.17) is 14.9 Å². The molecule has 2 amide bonds. The average Bonchev–Trinajstić information content (AvgIpc) is 3.33. The predicted octanol–water partition coefficient (Wildman–Crippen LogP) is 2.09. The minimum atomic E-state index is -5.08. The van der Waals surface area contributed by atoms with Crippen molar-refractivity contribution >= 4 is 23.7 Å². The third-order valence-electron chi connectivity index (χ3n) is 7.32. The molecule has 206 valence electrons. The fourth-order valence-electron chi connectivity index (χ4n) is 5.26. The molecule has 0 saturated carbocycles. The number of carboxylic acid groups (broad SMARTS) is 1. The zero-order valence-corrected chi connectivity index (χ0v) is 21.2. The number of carbonyl (C=O) groups is 3. The number of rotatable bonds is 2. The highest BCUT2D eigenvalue weighted by Gasteiger charge is 2.46. The Bertz CT molecular complexity index is 1200. The molecule has 0 bridgehead atoms. The van der Waals surface area contributed by atoms with E-state index < -0.39 is 12.1 Å². The lowest BCUT2D eigenvalue weighted by molar-refractivity contribution is -0.192. The Hall–Kier alpha value is -3.71. The number of hydrogen-bond donors (Lipinski definition) is 1. The Morgan fingerprint density at radius 2 is 1.68 bits per heavy atom. The van der Waals surface area contributed by atoms with Crippen molar-refractivity contribution in [2.24, 2.45) is 7.05 Å². The topological polar surface area (TPSA) is 125 Å². The van der Waals surface area contributed by atoms with E-state index in [0.29, 0.717) is 30.9 Å². The van der Waals surface area contributed by atoms with Gasteiger partial charge < -0.3 is 19.8 Å². The van der Waals surface area contributed by atoms with E-state index in [9.17, 15) is 22.8 Å². The van der Waals surface area contributed by atoms with Crippen molar-refractivity contribution in [2.45, 2.75) is 43.7 Å². The molecule has 2 aromatic heterocycles. The molecule has 2 saturated heterocycles. The third kappa shape index (κ3) is 5.43. The number of anilines is 1. The normalized spacial score (nSPS) is 19.1. The summed E-state index contributed by atoms with van der Waals surface area (Å²) < 4.78 is 33.4. The highest BCUT2D eigenvalue weighted by molar-refractivity contribution is 5.97. The van der Waals surface area contributed by atoms with Crippen LogP contribution in [0.3, 0.4) is 0 Å². The van der Waals surface area contributed by atoms with Crippen molar-refractivity contribution in [3.8, 4) is 0 Å². The van der Waals surface area contributed by atoms with Crippen LogP contribution in [0.4, 0.5) is 19.1 Å². The quantitative estimate of drug-likeness (QED) is 0.618. The molecule has 2 aromatic rings. The van der Waals surface area contributed by atoms with Gasteiger partial charge in [0.15, 0.2) is 0 Å². The monoisotopic (exact) mass is 537 g/mol. The van der Waals surface area contributed by atoms with Crippen molar-refractivity contribution in [3.63, 3.8) is 0 Å². The second-order valence-corrected chi connectivity index (χ2v) is 9.86. The smallest absolute Gasteiger partial charge is 0.475 e. The van der Waals surface area contributed by atoms with Crippen LogP contribution in [-0.2, 0) is 17.3 Å². The summed E-state index contributed by atoms with van der Waals surface area (Å²) in [6.07, 6.45) is 3.38. The molecule has 0 radical (unpaired) electrons. The first-order valence-corrected chi connectivity index (χ1v) is 12.4. The minimum absolute atomic E-state index is 0.00649. The molecule has 3 aliphatic rings. The summed E-state index contributed by atoms with van der Waals surface area (Å²) in [5.74, 6) is -2.03. The molecule has 0 unspecified atom stereocenters.